The van der Waals surface area contributed by atoms with Crippen LogP contribution in [0, 0.1) is 0 Å². The van der Waals surface area contributed by atoms with Crippen LogP contribution in [0.5, 0.6) is 0 Å². The van der Waals surface area contributed by atoms with Gasteiger partial charge in [-0.3, -0.25) is 4.79 Å². The molecule has 0 bridgehead atoms. The van der Waals surface area contributed by atoms with Gasteiger partial charge in [-0.25, -0.2) is 0 Å². The first-order valence-corrected chi connectivity index (χ1v) is 6.90. The van der Waals surface area contributed by atoms with Crippen LogP contribution in [0.25, 0.3) is 0 Å². The zero-order valence-electron chi connectivity index (χ0n) is 11.6. The molecule has 1 N–H and O–H groups in total. The maximum absolute atomic E-state index is 12.0. The summed E-state index contributed by atoms with van der Waals surface area (Å²) >= 11 is 0. The van der Waals surface area contributed by atoms with Crippen molar-refractivity contribution in [2.75, 3.05) is 52.9 Å². The Kier molecular flexibility index (Phi) is 4.59. The summed E-state index contributed by atoms with van der Waals surface area (Å²) in [6.07, 6.45) is 2.22. The third-order valence-corrected chi connectivity index (χ3v) is 3.93. The first-order chi connectivity index (χ1) is 8.59. The lowest BCUT2D eigenvalue weighted by Gasteiger charge is -2.33. The molecule has 0 aromatic heterocycles. The molecule has 1 unspecified atom stereocenters. The molecule has 0 aromatic carbocycles. The molecule has 2 fully saturated rings. The van der Waals surface area contributed by atoms with Gasteiger partial charge in [-0.05, 0) is 26.8 Å². The van der Waals surface area contributed by atoms with Crippen molar-refractivity contribution in [3.05, 3.63) is 0 Å². The predicted molar refractivity (Wildman–Crippen MR) is 70.5 cm³/mol. The van der Waals surface area contributed by atoms with E-state index in [1.807, 2.05) is 4.90 Å². The number of piperazine rings is 1. The minimum absolute atomic E-state index is 0.0671. The third kappa shape index (κ3) is 3.67. The lowest BCUT2D eigenvalue weighted by Crippen LogP contribution is -2.50. The molecule has 0 saturated carbocycles. The van der Waals surface area contributed by atoms with Gasteiger partial charge in [-0.15, -0.1) is 0 Å². The fourth-order valence-corrected chi connectivity index (χ4v) is 2.58. The zero-order chi connectivity index (χ0) is 13.0. The number of nitrogens with zero attached hydrogens (tertiary/aromatic N) is 2. The Bertz CT molecular complexity index is 282. The van der Waals surface area contributed by atoms with Gasteiger partial charge in [-0.2, -0.15) is 0 Å². The predicted octanol–water partition coefficient (Wildman–Crippen LogP) is -0.0809. The first-order valence-electron chi connectivity index (χ1n) is 6.90. The van der Waals surface area contributed by atoms with E-state index in [9.17, 15) is 4.79 Å². The lowest BCUT2D eigenvalue weighted by atomic mass is 10.0. The number of rotatable bonds is 4. The molecule has 2 aliphatic heterocycles. The van der Waals surface area contributed by atoms with Crippen LogP contribution in [0.15, 0.2) is 0 Å². The Hall–Kier alpha value is -0.650. The second-order valence-electron chi connectivity index (χ2n) is 5.69. The highest BCUT2D eigenvalue weighted by Gasteiger charge is 2.29. The van der Waals surface area contributed by atoms with E-state index < -0.39 is 0 Å². The van der Waals surface area contributed by atoms with Crippen molar-refractivity contribution in [1.82, 2.24) is 15.1 Å². The molecular formula is C13H25N3O2. The number of amides is 1. The quantitative estimate of drug-likeness (QED) is 0.763. The van der Waals surface area contributed by atoms with Crippen LogP contribution in [0.1, 0.15) is 19.8 Å². The highest BCUT2D eigenvalue weighted by Crippen LogP contribution is 2.23. The molecule has 0 spiro atoms. The van der Waals surface area contributed by atoms with E-state index in [0.29, 0.717) is 6.54 Å². The summed E-state index contributed by atoms with van der Waals surface area (Å²) in [6, 6.07) is 0. The normalized spacial score (nSPS) is 29.8. The fraction of sp³-hybridized carbons (Fsp3) is 0.923. The van der Waals surface area contributed by atoms with Crippen molar-refractivity contribution < 1.29 is 9.53 Å². The van der Waals surface area contributed by atoms with E-state index in [1.54, 1.807) is 0 Å². The third-order valence-electron chi connectivity index (χ3n) is 3.93. The van der Waals surface area contributed by atoms with Gasteiger partial charge in [0.1, 0.15) is 0 Å². The molecule has 2 rings (SSSR count). The van der Waals surface area contributed by atoms with E-state index in [-0.39, 0.29) is 11.5 Å². The van der Waals surface area contributed by atoms with Gasteiger partial charge in [0.25, 0.3) is 0 Å². The number of nitrogens with one attached hydrogen (secondary N) is 1. The van der Waals surface area contributed by atoms with Crippen LogP contribution in [0.2, 0.25) is 0 Å². The molecule has 2 aliphatic rings. The summed E-state index contributed by atoms with van der Waals surface area (Å²) in [5, 5.41) is 3.25. The fourth-order valence-electron chi connectivity index (χ4n) is 2.58. The highest BCUT2D eigenvalue weighted by molar-refractivity contribution is 5.78. The maximum Gasteiger partial charge on any atom is 0.236 e. The van der Waals surface area contributed by atoms with E-state index in [0.717, 1.165) is 52.2 Å². The Morgan fingerprint density at radius 3 is 2.67 bits per heavy atom. The number of hydrogen-bond acceptors (Lipinski definition) is 4. The van der Waals surface area contributed by atoms with Gasteiger partial charge in [-0.1, -0.05) is 0 Å². The Morgan fingerprint density at radius 2 is 2.06 bits per heavy atom. The van der Waals surface area contributed by atoms with Gasteiger partial charge >= 0.3 is 0 Å². The summed E-state index contributed by atoms with van der Waals surface area (Å²) in [7, 11) is 2.10. The van der Waals surface area contributed by atoms with Crippen LogP contribution >= 0.6 is 0 Å². The highest BCUT2D eigenvalue weighted by atomic mass is 16.5. The van der Waals surface area contributed by atoms with Crippen molar-refractivity contribution in [3.63, 3.8) is 0 Å². The summed E-state index contributed by atoms with van der Waals surface area (Å²) in [5.74, 6) is 0.213. The zero-order valence-corrected chi connectivity index (χ0v) is 11.6. The molecule has 0 aliphatic carbocycles. The van der Waals surface area contributed by atoms with E-state index in [2.05, 4.69) is 24.2 Å². The molecule has 0 radical (unpaired) electrons. The standard InChI is InChI=1S/C13H25N3O2/c1-13(4-3-9-18-13)11-14-10-12(17)16-7-5-15(2)6-8-16/h14H,3-11H2,1-2H3. The van der Waals surface area contributed by atoms with Crippen molar-refractivity contribution >= 4 is 5.91 Å². The molecule has 5 heteroatoms. The minimum atomic E-state index is -0.0671. The van der Waals surface area contributed by atoms with Crippen LogP contribution in [-0.4, -0.2) is 74.2 Å². The second-order valence-corrected chi connectivity index (χ2v) is 5.69. The van der Waals surface area contributed by atoms with Gasteiger partial charge in [0.15, 0.2) is 0 Å². The average molecular weight is 255 g/mol. The maximum atomic E-state index is 12.0. The van der Waals surface area contributed by atoms with Crippen LogP contribution < -0.4 is 5.32 Å². The topological polar surface area (TPSA) is 44.8 Å². The van der Waals surface area contributed by atoms with Crippen LogP contribution in [0.4, 0.5) is 0 Å². The molecule has 104 valence electrons. The second kappa shape index (κ2) is 5.99. The van der Waals surface area contributed by atoms with E-state index in [1.165, 1.54) is 0 Å². The molecule has 5 nitrogen and oxygen atoms in total. The number of carbonyl (C=O) groups is 1. The van der Waals surface area contributed by atoms with Crippen molar-refractivity contribution in [3.8, 4) is 0 Å². The van der Waals surface area contributed by atoms with E-state index >= 15 is 0 Å². The molecule has 1 amide bonds. The van der Waals surface area contributed by atoms with E-state index in [4.69, 9.17) is 4.74 Å². The molecule has 1 atom stereocenters. The van der Waals surface area contributed by atoms with Crippen LogP contribution in [-0.2, 0) is 9.53 Å². The summed E-state index contributed by atoms with van der Waals surface area (Å²) in [5.41, 5.74) is -0.0671. The Balaban J connectivity index is 1.65. The summed E-state index contributed by atoms with van der Waals surface area (Å²) < 4.78 is 5.69. The number of ether oxygens (including phenoxy) is 1. The number of carbonyl (C=O) groups excluding carboxylic acids is 1. The monoisotopic (exact) mass is 255 g/mol. The molecule has 2 saturated heterocycles. The summed E-state index contributed by atoms with van der Waals surface area (Å²) in [4.78, 5) is 16.2. The molecule has 0 aromatic rings. The molecule has 18 heavy (non-hydrogen) atoms. The first kappa shape index (κ1) is 13.8. The number of likely N-dealkylation sites (N-methyl/N-ethyl adjacent to an activating group) is 1. The lowest BCUT2D eigenvalue weighted by molar-refractivity contribution is -0.131. The van der Waals surface area contributed by atoms with Gasteiger partial charge in [0.05, 0.1) is 12.1 Å². The Morgan fingerprint density at radius 1 is 1.33 bits per heavy atom. The molecular weight excluding hydrogens is 230 g/mol. The van der Waals surface area contributed by atoms with Crippen LogP contribution in [0.3, 0.4) is 0 Å². The molecule has 2 heterocycles. The smallest absolute Gasteiger partial charge is 0.236 e. The minimum Gasteiger partial charge on any atom is -0.374 e. The van der Waals surface area contributed by atoms with Crippen molar-refractivity contribution in [2.45, 2.75) is 25.4 Å². The average Bonchev–Trinajstić information content (AvgIpc) is 2.77. The van der Waals surface area contributed by atoms with Gasteiger partial charge < -0.3 is 19.9 Å². The Labute approximate surface area is 109 Å². The van der Waals surface area contributed by atoms with Gasteiger partial charge in [0.2, 0.25) is 5.91 Å². The van der Waals surface area contributed by atoms with Crippen molar-refractivity contribution in [1.29, 1.82) is 0 Å². The summed E-state index contributed by atoms with van der Waals surface area (Å²) in [6.45, 7) is 7.84. The van der Waals surface area contributed by atoms with Crippen molar-refractivity contribution in [2.24, 2.45) is 0 Å². The SMILES string of the molecule is CN1CCN(C(=O)CNCC2(C)CCCO2)CC1. The largest absolute Gasteiger partial charge is 0.374 e. The van der Waals surface area contributed by atoms with Gasteiger partial charge in [0, 0.05) is 39.3 Å². The number of hydrogen-bond donors (Lipinski definition) is 1.